The molecule has 0 aliphatic heterocycles. The minimum Gasteiger partial charge on any atom is -0.380 e. The number of hydrogen-bond acceptors (Lipinski definition) is 3. The maximum Gasteiger partial charge on any atom is 0.0593 e. The SMILES string of the molecule is CCOCCN(CCN)Cc1ccccc1. The molecule has 0 radical (unpaired) electrons. The Balaban J connectivity index is 2.38. The van der Waals surface area contributed by atoms with Crippen molar-refractivity contribution in [3.05, 3.63) is 35.9 Å². The van der Waals surface area contributed by atoms with E-state index in [2.05, 4.69) is 29.2 Å². The fraction of sp³-hybridized carbons (Fsp3) is 0.538. The molecule has 3 heteroatoms. The Kier molecular flexibility index (Phi) is 6.81. The van der Waals surface area contributed by atoms with Crippen LogP contribution >= 0.6 is 0 Å². The van der Waals surface area contributed by atoms with Gasteiger partial charge in [-0.15, -0.1) is 0 Å². The molecule has 90 valence electrons. The zero-order valence-corrected chi connectivity index (χ0v) is 10.1. The molecule has 0 heterocycles. The average molecular weight is 222 g/mol. The summed E-state index contributed by atoms with van der Waals surface area (Å²) in [7, 11) is 0. The predicted molar refractivity (Wildman–Crippen MR) is 67.3 cm³/mol. The van der Waals surface area contributed by atoms with E-state index in [1.54, 1.807) is 0 Å². The van der Waals surface area contributed by atoms with Crippen LogP contribution in [0, 0.1) is 0 Å². The normalized spacial score (nSPS) is 10.9. The van der Waals surface area contributed by atoms with Crippen molar-refractivity contribution >= 4 is 0 Å². The van der Waals surface area contributed by atoms with Gasteiger partial charge < -0.3 is 10.5 Å². The fourth-order valence-electron chi connectivity index (χ4n) is 1.63. The van der Waals surface area contributed by atoms with E-state index in [0.29, 0.717) is 6.54 Å². The molecule has 0 unspecified atom stereocenters. The first-order chi connectivity index (χ1) is 7.86. The molecule has 0 fully saturated rings. The van der Waals surface area contributed by atoms with E-state index in [0.717, 1.165) is 32.8 Å². The number of nitrogens with zero attached hydrogens (tertiary/aromatic N) is 1. The lowest BCUT2D eigenvalue weighted by molar-refractivity contribution is 0.112. The predicted octanol–water partition coefficient (Wildman–Crippen LogP) is 1.48. The molecule has 0 bridgehead atoms. The van der Waals surface area contributed by atoms with Crippen LogP contribution in [0.2, 0.25) is 0 Å². The lowest BCUT2D eigenvalue weighted by Crippen LogP contribution is -2.32. The van der Waals surface area contributed by atoms with E-state index < -0.39 is 0 Å². The zero-order valence-electron chi connectivity index (χ0n) is 10.1. The first-order valence-electron chi connectivity index (χ1n) is 5.91. The Labute approximate surface area is 98.2 Å². The van der Waals surface area contributed by atoms with Crippen molar-refractivity contribution in [2.24, 2.45) is 5.73 Å². The Morgan fingerprint density at radius 3 is 2.56 bits per heavy atom. The van der Waals surface area contributed by atoms with Crippen molar-refractivity contribution in [2.75, 3.05) is 32.8 Å². The largest absolute Gasteiger partial charge is 0.380 e. The van der Waals surface area contributed by atoms with Crippen LogP contribution in [0.4, 0.5) is 0 Å². The quantitative estimate of drug-likeness (QED) is 0.677. The monoisotopic (exact) mass is 222 g/mol. The Morgan fingerprint density at radius 2 is 1.94 bits per heavy atom. The van der Waals surface area contributed by atoms with Crippen molar-refractivity contribution in [1.82, 2.24) is 4.90 Å². The Hall–Kier alpha value is -0.900. The third-order valence-electron chi connectivity index (χ3n) is 2.45. The van der Waals surface area contributed by atoms with Crippen LogP contribution in [0.5, 0.6) is 0 Å². The summed E-state index contributed by atoms with van der Waals surface area (Å²) in [6.07, 6.45) is 0. The van der Waals surface area contributed by atoms with Crippen LogP contribution in [0.1, 0.15) is 12.5 Å². The molecule has 0 spiro atoms. The van der Waals surface area contributed by atoms with Gasteiger partial charge in [0, 0.05) is 32.8 Å². The van der Waals surface area contributed by atoms with Gasteiger partial charge in [-0.25, -0.2) is 0 Å². The molecule has 0 aliphatic rings. The van der Waals surface area contributed by atoms with Gasteiger partial charge in [-0.05, 0) is 12.5 Å². The third-order valence-corrected chi connectivity index (χ3v) is 2.45. The minimum atomic E-state index is 0.693. The second kappa shape index (κ2) is 8.28. The highest BCUT2D eigenvalue weighted by atomic mass is 16.5. The van der Waals surface area contributed by atoms with Crippen LogP contribution in [0.15, 0.2) is 30.3 Å². The third kappa shape index (κ3) is 5.26. The van der Waals surface area contributed by atoms with Crippen LogP contribution in [-0.2, 0) is 11.3 Å². The molecule has 0 atom stereocenters. The van der Waals surface area contributed by atoms with Gasteiger partial charge in [0.25, 0.3) is 0 Å². The number of rotatable bonds is 8. The summed E-state index contributed by atoms with van der Waals surface area (Å²) in [6, 6.07) is 10.5. The van der Waals surface area contributed by atoms with Gasteiger partial charge in [0.15, 0.2) is 0 Å². The maximum atomic E-state index is 5.60. The average Bonchev–Trinajstić information content (AvgIpc) is 2.31. The van der Waals surface area contributed by atoms with Crippen LogP contribution in [0.3, 0.4) is 0 Å². The molecular formula is C13H22N2O. The van der Waals surface area contributed by atoms with E-state index in [1.165, 1.54) is 5.56 Å². The van der Waals surface area contributed by atoms with E-state index in [-0.39, 0.29) is 0 Å². The minimum absolute atomic E-state index is 0.693. The second-order valence-electron chi connectivity index (χ2n) is 3.75. The zero-order chi connectivity index (χ0) is 11.6. The van der Waals surface area contributed by atoms with E-state index >= 15 is 0 Å². The van der Waals surface area contributed by atoms with Gasteiger partial charge in [-0.3, -0.25) is 4.90 Å². The first kappa shape index (κ1) is 13.2. The van der Waals surface area contributed by atoms with Crippen molar-refractivity contribution in [3.63, 3.8) is 0 Å². The van der Waals surface area contributed by atoms with Gasteiger partial charge in [0.05, 0.1) is 6.61 Å². The highest BCUT2D eigenvalue weighted by Gasteiger charge is 2.04. The lowest BCUT2D eigenvalue weighted by atomic mass is 10.2. The standard InChI is InChI=1S/C13H22N2O/c1-2-16-11-10-15(9-8-14)12-13-6-4-3-5-7-13/h3-7H,2,8-12,14H2,1H3. The number of benzene rings is 1. The van der Waals surface area contributed by atoms with Crippen LogP contribution < -0.4 is 5.73 Å². The molecule has 0 amide bonds. The smallest absolute Gasteiger partial charge is 0.0593 e. The number of hydrogen-bond donors (Lipinski definition) is 1. The van der Waals surface area contributed by atoms with Gasteiger partial charge in [0.2, 0.25) is 0 Å². The summed E-state index contributed by atoms with van der Waals surface area (Å²) in [5.74, 6) is 0. The summed E-state index contributed by atoms with van der Waals surface area (Å²) in [4.78, 5) is 2.32. The molecule has 0 aromatic heterocycles. The molecule has 3 nitrogen and oxygen atoms in total. The topological polar surface area (TPSA) is 38.5 Å². The van der Waals surface area contributed by atoms with Gasteiger partial charge >= 0.3 is 0 Å². The lowest BCUT2D eigenvalue weighted by Gasteiger charge is -2.21. The molecule has 1 aromatic rings. The summed E-state index contributed by atoms with van der Waals surface area (Å²) >= 11 is 0. The second-order valence-corrected chi connectivity index (χ2v) is 3.75. The Bertz CT molecular complexity index is 264. The van der Waals surface area contributed by atoms with Crippen LogP contribution in [0.25, 0.3) is 0 Å². The number of nitrogens with two attached hydrogens (primary N) is 1. The summed E-state index contributed by atoms with van der Waals surface area (Å²) in [6.45, 7) is 7.08. The van der Waals surface area contributed by atoms with Crippen molar-refractivity contribution in [2.45, 2.75) is 13.5 Å². The molecule has 1 aromatic carbocycles. The van der Waals surface area contributed by atoms with Crippen molar-refractivity contribution < 1.29 is 4.74 Å². The molecule has 2 N–H and O–H groups in total. The fourth-order valence-corrected chi connectivity index (χ4v) is 1.63. The van der Waals surface area contributed by atoms with Crippen molar-refractivity contribution in [3.8, 4) is 0 Å². The summed E-state index contributed by atoms with van der Waals surface area (Å²) < 4.78 is 5.37. The van der Waals surface area contributed by atoms with Gasteiger partial charge in [0.1, 0.15) is 0 Å². The Morgan fingerprint density at radius 1 is 1.19 bits per heavy atom. The molecular weight excluding hydrogens is 200 g/mol. The van der Waals surface area contributed by atoms with E-state index in [4.69, 9.17) is 10.5 Å². The molecule has 0 aliphatic carbocycles. The highest BCUT2D eigenvalue weighted by Crippen LogP contribution is 2.03. The molecule has 0 saturated carbocycles. The first-order valence-corrected chi connectivity index (χ1v) is 5.91. The maximum absolute atomic E-state index is 5.60. The number of ether oxygens (including phenoxy) is 1. The summed E-state index contributed by atoms with van der Waals surface area (Å²) in [5.41, 5.74) is 6.93. The summed E-state index contributed by atoms with van der Waals surface area (Å²) in [5, 5.41) is 0. The molecule has 0 saturated heterocycles. The van der Waals surface area contributed by atoms with Crippen molar-refractivity contribution in [1.29, 1.82) is 0 Å². The highest BCUT2D eigenvalue weighted by molar-refractivity contribution is 5.14. The van der Waals surface area contributed by atoms with E-state index in [1.807, 2.05) is 13.0 Å². The van der Waals surface area contributed by atoms with Crippen LogP contribution in [-0.4, -0.2) is 37.7 Å². The van der Waals surface area contributed by atoms with Gasteiger partial charge in [-0.2, -0.15) is 0 Å². The molecule has 1 rings (SSSR count). The van der Waals surface area contributed by atoms with Gasteiger partial charge in [-0.1, -0.05) is 30.3 Å². The molecule has 16 heavy (non-hydrogen) atoms. The van der Waals surface area contributed by atoms with E-state index in [9.17, 15) is 0 Å².